The van der Waals surface area contributed by atoms with Gasteiger partial charge in [-0.05, 0) is 43.2 Å². The van der Waals surface area contributed by atoms with Crippen LogP contribution in [0, 0.1) is 13.8 Å². The Morgan fingerprint density at radius 1 is 1.15 bits per heavy atom. The number of carbonyl (C=O) groups excluding carboxylic acids is 2. The van der Waals surface area contributed by atoms with Crippen LogP contribution in [-0.2, 0) is 9.59 Å². The SMILES string of the molecule is Cc1nc2c(C)cccn2c1/C([O-])=C1\C(=O)C(=O)N(CCC[NH+](C)C)C1c1ccc(Cl)c(Cl)c1. The van der Waals surface area contributed by atoms with Crippen LogP contribution < -0.4 is 10.0 Å². The molecule has 178 valence electrons. The fraction of sp³-hybridized carbons (Fsp3) is 0.320. The van der Waals surface area contributed by atoms with E-state index in [0.717, 1.165) is 12.1 Å². The smallest absolute Gasteiger partial charge is 0.295 e. The number of carbonyl (C=O) groups is 2. The van der Waals surface area contributed by atoms with Crippen LogP contribution in [0.1, 0.15) is 35.0 Å². The summed E-state index contributed by atoms with van der Waals surface area (Å²) in [6.07, 6.45) is 2.41. The highest BCUT2D eigenvalue weighted by molar-refractivity contribution is 6.46. The number of aromatic nitrogens is 2. The number of imidazole rings is 1. The third kappa shape index (κ3) is 4.19. The zero-order valence-electron chi connectivity index (χ0n) is 19.5. The van der Waals surface area contributed by atoms with Crippen molar-refractivity contribution < 1.29 is 19.6 Å². The van der Waals surface area contributed by atoms with Gasteiger partial charge in [-0.25, -0.2) is 4.98 Å². The molecule has 1 N–H and O–H groups in total. The van der Waals surface area contributed by atoms with Crippen LogP contribution in [0.3, 0.4) is 0 Å². The Balaban J connectivity index is 1.91. The first-order valence-electron chi connectivity index (χ1n) is 11.1. The lowest BCUT2D eigenvalue weighted by atomic mass is 9.96. The van der Waals surface area contributed by atoms with Gasteiger partial charge in [0, 0.05) is 24.7 Å². The molecule has 1 saturated heterocycles. The summed E-state index contributed by atoms with van der Waals surface area (Å²) in [5, 5.41) is 14.6. The van der Waals surface area contributed by atoms with Crippen molar-refractivity contribution >= 4 is 46.3 Å². The van der Waals surface area contributed by atoms with Crippen molar-refractivity contribution in [2.45, 2.75) is 26.3 Å². The van der Waals surface area contributed by atoms with Gasteiger partial charge in [-0.2, -0.15) is 0 Å². The number of amides is 1. The number of hydrogen-bond acceptors (Lipinski definition) is 4. The summed E-state index contributed by atoms with van der Waals surface area (Å²) in [4.78, 5) is 33.6. The van der Waals surface area contributed by atoms with E-state index >= 15 is 0 Å². The number of rotatable bonds is 6. The predicted octanol–water partition coefficient (Wildman–Crippen LogP) is 2.02. The number of pyridine rings is 1. The highest BCUT2D eigenvalue weighted by Gasteiger charge is 2.44. The van der Waals surface area contributed by atoms with Gasteiger partial charge in [0.1, 0.15) is 5.65 Å². The Bertz CT molecular complexity index is 1330. The van der Waals surface area contributed by atoms with E-state index in [1.165, 1.54) is 9.80 Å². The monoisotopic (exact) mass is 500 g/mol. The zero-order valence-corrected chi connectivity index (χ0v) is 21.0. The molecule has 1 atom stereocenters. The van der Waals surface area contributed by atoms with E-state index in [2.05, 4.69) is 4.98 Å². The molecule has 1 fully saturated rings. The third-order valence-electron chi connectivity index (χ3n) is 6.10. The van der Waals surface area contributed by atoms with Crippen molar-refractivity contribution in [3.8, 4) is 0 Å². The Kier molecular flexibility index (Phi) is 6.71. The second-order valence-corrected chi connectivity index (χ2v) is 9.70. The number of Topliss-reactive ketones (excluding diaryl/α,β-unsaturated/α-hetero) is 1. The van der Waals surface area contributed by atoms with Crippen LogP contribution in [-0.4, -0.2) is 53.2 Å². The van der Waals surface area contributed by atoms with Crippen molar-refractivity contribution in [3.05, 3.63) is 74.7 Å². The molecule has 0 bridgehead atoms. The van der Waals surface area contributed by atoms with Gasteiger partial charge in [0.25, 0.3) is 5.91 Å². The maximum atomic E-state index is 13.9. The number of aryl methyl sites for hydroxylation is 2. The van der Waals surface area contributed by atoms with E-state index in [1.807, 2.05) is 33.2 Å². The summed E-state index contributed by atoms with van der Waals surface area (Å²) < 4.78 is 1.68. The van der Waals surface area contributed by atoms with Crippen LogP contribution >= 0.6 is 23.2 Å². The molecule has 3 aromatic rings. The molecule has 1 aromatic carbocycles. The van der Waals surface area contributed by atoms with E-state index in [1.54, 1.807) is 35.7 Å². The zero-order chi connectivity index (χ0) is 24.7. The van der Waals surface area contributed by atoms with Crippen LogP contribution in [0.25, 0.3) is 11.4 Å². The first-order chi connectivity index (χ1) is 16.1. The van der Waals surface area contributed by atoms with Gasteiger partial charge in [0.2, 0.25) is 5.78 Å². The van der Waals surface area contributed by atoms with Crippen LogP contribution in [0.5, 0.6) is 0 Å². The molecular formula is C25H26Cl2N4O3. The van der Waals surface area contributed by atoms with Gasteiger partial charge in [-0.15, -0.1) is 0 Å². The van der Waals surface area contributed by atoms with Gasteiger partial charge in [-0.1, -0.05) is 41.1 Å². The maximum Gasteiger partial charge on any atom is 0.295 e. The van der Waals surface area contributed by atoms with Gasteiger partial charge in [0.15, 0.2) is 0 Å². The normalized spacial score (nSPS) is 18.0. The molecule has 0 spiro atoms. The topological polar surface area (TPSA) is 82.2 Å². The number of fused-ring (bicyclic) bond motifs is 1. The van der Waals surface area contributed by atoms with Gasteiger partial charge in [-0.3, -0.25) is 9.59 Å². The number of nitrogens with zero attached hydrogens (tertiary/aromatic N) is 3. The van der Waals surface area contributed by atoms with Crippen molar-refractivity contribution in [1.29, 1.82) is 0 Å². The molecule has 34 heavy (non-hydrogen) atoms. The minimum Gasteiger partial charge on any atom is -0.871 e. The van der Waals surface area contributed by atoms with Crippen LogP contribution in [0.4, 0.5) is 0 Å². The number of halogens is 2. The molecular weight excluding hydrogens is 475 g/mol. The third-order valence-corrected chi connectivity index (χ3v) is 6.84. The van der Waals surface area contributed by atoms with Crippen LogP contribution in [0.15, 0.2) is 42.1 Å². The fourth-order valence-corrected chi connectivity index (χ4v) is 4.76. The second-order valence-electron chi connectivity index (χ2n) is 8.89. The summed E-state index contributed by atoms with van der Waals surface area (Å²) in [5.74, 6) is -1.98. The quantitative estimate of drug-likeness (QED) is 0.319. The number of benzene rings is 1. The fourth-order valence-electron chi connectivity index (χ4n) is 4.45. The maximum absolute atomic E-state index is 13.9. The molecule has 4 rings (SSSR count). The molecule has 2 aromatic heterocycles. The molecule has 0 radical (unpaired) electrons. The molecule has 9 heteroatoms. The Morgan fingerprint density at radius 3 is 2.56 bits per heavy atom. The number of nitrogens with one attached hydrogen (secondary N) is 1. The lowest BCUT2D eigenvalue weighted by Crippen LogP contribution is -3.05. The summed E-state index contributed by atoms with van der Waals surface area (Å²) in [6.45, 7) is 4.78. The number of quaternary nitrogens is 1. The molecule has 7 nitrogen and oxygen atoms in total. The Hall–Kier alpha value is -2.87. The molecule has 1 aliphatic rings. The Labute approximate surface area is 208 Å². The first-order valence-corrected chi connectivity index (χ1v) is 11.8. The molecule has 1 amide bonds. The van der Waals surface area contributed by atoms with Crippen LogP contribution in [0.2, 0.25) is 10.0 Å². The van der Waals surface area contributed by atoms with E-state index in [-0.39, 0.29) is 16.3 Å². The number of hydrogen-bond donors (Lipinski definition) is 1. The van der Waals surface area contributed by atoms with Crippen molar-refractivity contribution in [2.75, 3.05) is 27.2 Å². The van der Waals surface area contributed by atoms with E-state index in [9.17, 15) is 14.7 Å². The van der Waals surface area contributed by atoms with E-state index in [0.29, 0.717) is 34.9 Å². The summed E-state index contributed by atoms with van der Waals surface area (Å²) >= 11 is 12.4. The lowest BCUT2D eigenvalue weighted by molar-refractivity contribution is -0.858. The van der Waals surface area contributed by atoms with Gasteiger partial charge >= 0.3 is 0 Å². The van der Waals surface area contributed by atoms with Crippen molar-refractivity contribution in [1.82, 2.24) is 14.3 Å². The summed E-state index contributed by atoms with van der Waals surface area (Å²) in [7, 11) is 4.04. The average Bonchev–Trinajstić information content (AvgIpc) is 3.25. The van der Waals surface area contributed by atoms with Gasteiger partial charge in [0.05, 0.1) is 48.1 Å². The highest BCUT2D eigenvalue weighted by Crippen LogP contribution is 2.40. The molecule has 3 heterocycles. The largest absolute Gasteiger partial charge is 0.871 e. The van der Waals surface area contributed by atoms with E-state index < -0.39 is 23.5 Å². The van der Waals surface area contributed by atoms with Crippen molar-refractivity contribution in [3.63, 3.8) is 0 Å². The lowest BCUT2D eigenvalue weighted by Gasteiger charge is -2.28. The first kappa shape index (κ1) is 24.3. The predicted molar refractivity (Wildman–Crippen MR) is 130 cm³/mol. The summed E-state index contributed by atoms with van der Waals surface area (Å²) in [6, 6.07) is 7.80. The van der Waals surface area contributed by atoms with E-state index in [4.69, 9.17) is 23.2 Å². The van der Waals surface area contributed by atoms with Gasteiger partial charge < -0.3 is 19.3 Å². The molecule has 1 aliphatic heterocycles. The standard InChI is InChI=1S/C25H26Cl2N4O3/c1-14-7-5-11-30-20(15(2)28-24(14)30)22(32)19-21(16-8-9-17(26)18(27)13-16)31(25(34)23(19)33)12-6-10-29(3)4/h5,7-9,11,13,21,32H,6,10,12H2,1-4H3/b22-19+. The van der Waals surface area contributed by atoms with Crippen molar-refractivity contribution in [2.24, 2.45) is 0 Å². The molecule has 1 unspecified atom stereocenters. The summed E-state index contributed by atoms with van der Waals surface area (Å²) in [5.41, 5.74) is 2.79. The minimum absolute atomic E-state index is 0.0907. The molecule has 0 aliphatic carbocycles. The highest BCUT2D eigenvalue weighted by atomic mass is 35.5. The Morgan fingerprint density at radius 2 is 1.88 bits per heavy atom. The number of ketones is 1. The average molecular weight is 501 g/mol. The minimum atomic E-state index is -0.853. The second kappa shape index (κ2) is 9.41. The number of likely N-dealkylation sites (tertiary alicyclic amines) is 1. The molecule has 0 saturated carbocycles.